The summed E-state index contributed by atoms with van der Waals surface area (Å²) in [6, 6.07) is 0. The molecule has 0 saturated carbocycles. The lowest BCUT2D eigenvalue weighted by molar-refractivity contribution is -0.174. The van der Waals surface area contributed by atoms with E-state index in [1.165, 1.54) is 6.92 Å². The van der Waals surface area contributed by atoms with Crippen LogP contribution in [0, 0.1) is 6.08 Å². The first-order valence-electron chi connectivity index (χ1n) is 9.58. The minimum absolute atomic E-state index is 0.0318. The normalized spacial score (nSPS) is 24.8. The largest absolute Gasteiger partial charge is 0.481 e. The Balaban J connectivity index is 1.89. The fourth-order valence-corrected chi connectivity index (χ4v) is 4.24. The van der Waals surface area contributed by atoms with Crippen LogP contribution in [0.25, 0.3) is 11.2 Å². The lowest BCUT2D eigenvalue weighted by Gasteiger charge is -2.31. The molecular weight excluding hydrogens is 488 g/mol. The van der Waals surface area contributed by atoms with Gasteiger partial charge in [0.15, 0.2) is 23.2 Å². The Morgan fingerprint density at radius 1 is 1.32 bits per heavy atom. The number of carbonyl (C=O) groups excluding carboxylic acids is 1. The summed E-state index contributed by atoms with van der Waals surface area (Å²) in [6.45, 7) is 0.0225. The molecule has 34 heavy (non-hydrogen) atoms. The zero-order valence-corrected chi connectivity index (χ0v) is 18.3. The molecule has 1 fully saturated rings. The highest BCUT2D eigenvalue weighted by Crippen LogP contribution is 2.54. The molecule has 18 heteroatoms. The molecule has 1 saturated heterocycles. The average molecular weight is 509 g/mol. The molecule has 0 amide bonds. The van der Waals surface area contributed by atoms with Gasteiger partial charge in [-0.25, -0.2) is 9.78 Å². The number of esters is 1. The highest BCUT2D eigenvalue weighted by Gasteiger charge is 2.59. The number of hydrogen-bond donors (Lipinski definition) is 6. The molecule has 0 aliphatic carbocycles. The van der Waals surface area contributed by atoms with E-state index in [-0.39, 0.29) is 23.6 Å². The van der Waals surface area contributed by atoms with Crippen LogP contribution in [0.2, 0.25) is 0 Å². The van der Waals surface area contributed by atoms with Crippen molar-refractivity contribution in [2.24, 2.45) is 0 Å². The summed E-state index contributed by atoms with van der Waals surface area (Å²) >= 11 is 0. The smallest absolute Gasteiger partial charge is 0.369 e. The third kappa shape index (κ3) is 4.58. The van der Waals surface area contributed by atoms with Gasteiger partial charge in [0.05, 0.1) is 26.0 Å². The van der Waals surface area contributed by atoms with Crippen LogP contribution in [0.5, 0.6) is 0 Å². The Morgan fingerprint density at radius 3 is 2.59 bits per heavy atom. The summed E-state index contributed by atoms with van der Waals surface area (Å²) in [5.74, 6) is -3.73. The van der Waals surface area contributed by atoms with E-state index in [2.05, 4.69) is 19.7 Å². The quantitative estimate of drug-likeness (QED) is 0.123. The number of aliphatic carboxylic acids is 1. The van der Waals surface area contributed by atoms with E-state index in [9.17, 15) is 38.5 Å². The van der Waals surface area contributed by atoms with E-state index in [0.717, 1.165) is 10.9 Å². The summed E-state index contributed by atoms with van der Waals surface area (Å²) in [5, 5.41) is 26.7. The molecule has 16 nitrogen and oxygen atoms in total. The third-order valence-corrected chi connectivity index (χ3v) is 6.39. The van der Waals surface area contributed by atoms with Crippen molar-refractivity contribution in [2.45, 2.75) is 43.2 Å². The fourth-order valence-electron chi connectivity index (χ4n) is 3.35. The number of ether oxygens (including phenoxy) is 3. The van der Waals surface area contributed by atoms with Crippen LogP contribution in [0.4, 0.5) is 10.2 Å². The number of carboxylic acids is 1. The molecule has 2 aromatic heterocycles. The van der Waals surface area contributed by atoms with Crippen LogP contribution >= 0.6 is 7.60 Å². The van der Waals surface area contributed by atoms with Gasteiger partial charge in [0.25, 0.3) is 5.34 Å². The number of nitrogen functional groups attached to an aromatic ring is 1. The number of aliphatic hydroxyl groups excluding tert-OH is 2. The summed E-state index contributed by atoms with van der Waals surface area (Å²) in [6.07, 6.45) is -8.04. The van der Waals surface area contributed by atoms with E-state index < -0.39 is 68.5 Å². The van der Waals surface area contributed by atoms with Gasteiger partial charge in [0.1, 0.15) is 18.3 Å². The third-order valence-electron chi connectivity index (χ3n) is 4.97. The molecule has 0 radical (unpaired) electrons. The van der Waals surface area contributed by atoms with Gasteiger partial charge in [0, 0.05) is 0 Å². The van der Waals surface area contributed by atoms with Crippen LogP contribution < -0.4 is 5.73 Å². The highest BCUT2D eigenvalue weighted by molar-refractivity contribution is 7.54. The number of hydrogen-bond acceptors (Lipinski definition) is 12. The Bertz CT molecular complexity index is 1140. The monoisotopic (exact) mass is 509 g/mol. The van der Waals surface area contributed by atoms with Crippen molar-refractivity contribution >= 4 is 36.5 Å². The van der Waals surface area contributed by atoms with Crippen molar-refractivity contribution in [3.8, 4) is 0 Å². The number of anilines is 1. The number of carbonyl (C=O) groups is 2. The Hall–Kier alpha value is -2.79. The van der Waals surface area contributed by atoms with Crippen LogP contribution in [0.15, 0.2) is 6.33 Å². The molecule has 1 aliphatic rings. The molecule has 1 aliphatic heterocycles. The van der Waals surface area contributed by atoms with E-state index in [1.807, 2.05) is 0 Å². The van der Waals surface area contributed by atoms with Crippen molar-refractivity contribution in [3.05, 3.63) is 12.4 Å². The maximum Gasteiger partial charge on any atom is 0.369 e. The van der Waals surface area contributed by atoms with E-state index in [4.69, 9.17) is 20.3 Å². The van der Waals surface area contributed by atoms with Gasteiger partial charge in [-0.3, -0.25) is 13.9 Å². The molecule has 188 valence electrons. The average Bonchev–Trinajstić information content (AvgIpc) is 3.26. The molecule has 0 aromatic carbocycles. The lowest BCUT2D eigenvalue weighted by Crippen LogP contribution is -2.47. The number of nitrogens with two attached hydrogens (primary N) is 1. The first-order chi connectivity index (χ1) is 15.8. The maximum absolute atomic E-state index is 13.6. The topological polar surface area (TPSA) is 250 Å². The minimum Gasteiger partial charge on any atom is -0.481 e. The number of nitrogens with zero attached hydrogens (tertiary/aromatic N) is 4. The van der Waals surface area contributed by atoms with Crippen molar-refractivity contribution < 1.29 is 57.9 Å². The Labute approximate surface area is 189 Å². The Kier molecular flexibility index (Phi) is 7.18. The Morgan fingerprint density at radius 2 is 2.00 bits per heavy atom. The van der Waals surface area contributed by atoms with Gasteiger partial charge in [-0.2, -0.15) is 14.4 Å². The van der Waals surface area contributed by atoms with E-state index in [0.29, 0.717) is 0 Å². The number of halogens is 1. The fraction of sp³-hybridized carbons (Fsp3) is 0.562. The second-order valence-electron chi connectivity index (χ2n) is 7.18. The van der Waals surface area contributed by atoms with Gasteiger partial charge in [-0.05, 0) is 6.92 Å². The summed E-state index contributed by atoms with van der Waals surface area (Å²) in [5.41, 5.74) is 5.36. The first kappa shape index (κ1) is 25.8. The van der Waals surface area contributed by atoms with Crippen molar-refractivity contribution in [2.75, 3.05) is 18.9 Å². The van der Waals surface area contributed by atoms with Crippen LogP contribution in [-0.4, -0.2) is 93.4 Å². The number of imidazole rings is 1. The second-order valence-corrected chi connectivity index (χ2v) is 8.99. The van der Waals surface area contributed by atoms with Gasteiger partial charge >= 0.3 is 25.6 Å². The number of aliphatic hydroxyl groups is 2. The number of fused-ring (bicyclic) bond motifs is 1. The van der Waals surface area contributed by atoms with Gasteiger partial charge in [-0.15, -0.1) is 0 Å². The first-order valence-corrected chi connectivity index (χ1v) is 11.2. The maximum atomic E-state index is 13.6. The van der Waals surface area contributed by atoms with Crippen LogP contribution in [-0.2, 0) is 28.4 Å². The molecule has 5 atom stereocenters. The zero-order valence-electron chi connectivity index (χ0n) is 17.4. The predicted octanol–water partition coefficient (Wildman–Crippen LogP) is -1.90. The summed E-state index contributed by atoms with van der Waals surface area (Å²) < 4.78 is 41.9. The number of aromatic nitrogens is 4. The summed E-state index contributed by atoms with van der Waals surface area (Å²) in [7, 11) is -5.61. The minimum atomic E-state index is -5.61. The van der Waals surface area contributed by atoms with Gasteiger partial charge in [0.2, 0.25) is 0 Å². The van der Waals surface area contributed by atoms with Gasteiger partial charge in [-0.1, -0.05) is 0 Å². The van der Waals surface area contributed by atoms with Crippen LogP contribution in [0.1, 0.15) is 19.6 Å². The molecule has 0 bridgehead atoms. The lowest BCUT2D eigenvalue weighted by atomic mass is 10.1. The molecule has 2 aromatic rings. The molecule has 0 spiro atoms. The molecule has 3 heterocycles. The molecular formula is C16H21FN5O11P. The van der Waals surface area contributed by atoms with Crippen LogP contribution in [0.3, 0.4) is 0 Å². The summed E-state index contributed by atoms with van der Waals surface area (Å²) in [4.78, 5) is 53.8. The highest BCUT2D eigenvalue weighted by atomic mass is 31.2. The zero-order chi connectivity index (χ0) is 25.4. The standard InChI is InChI=1S/C16H21FN5O11P/c1-2-31-14(27)16(3-7(23)24,34(28,29)30)32-4-6-9(25)10(26)13(33-6)22-5-19-8-11(18)20-15(17)21-12(8)22/h5-6,9-10,13,25-26H,2-4H2,1H3,(H,23,24)(H2,18,20,21)(H2,28,29,30)/t6?,9-,10-,13-,16?/m1/s1. The predicted molar refractivity (Wildman–Crippen MR) is 105 cm³/mol. The number of carboxylic acid groups (broad SMARTS) is 1. The van der Waals surface area contributed by atoms with Crippen molar-refractivity contribution in [1.82, 2.24) is 19.5 Å². The van der Waals surface area contributed by atoms with E-state index >= 15 is 0 Å². The second kappa shape index (κ2) is 9.46. The molecule has 7 N–H and O–H groups in total. The van der Waals surface area contributed by atoms with Crippen molar-refractivity contribution in [1.29, 1.82) is 0 Å². The molecule has 3 rings (SSSR count). The molecule has 2 unspecified atom stereocenters. The van der Waals surface area contributed by atoms with E-state index in [1.54, 1.807) is 0 Å². The number of rotatable bonds is 9. The SMILES string of the molecule is CCOC(=O)C(CC(=O)O)(OCC1O[C@@H](n2cnc3c(N)nc(F)nc32)[C@H](O)[C@@H]1O)P(=O)(O)O. The van der Waals surface area contributed by atoms with Gasteiger partial charge < -0.3 is 45.1 Å². The van der Waals surface area contributed by atoms with Crippen molar-refractivity contribution in [3.63, 3.8) is 0 Å².